The van der Waals surface area contributed by atoms with Crippen LogP contribution >= 0.6 is 0 Å². The Morgan fingerprint density at radius 1 is 1.27 bits per heavy atom. The van der Waals surface area contributed by atoms with E-state index in [0.29, 0.717) is 26.4 Å². The van der Waals surface area contributed by atoms with E-state index in [1.54, 1.807) is 17.4 Å². The first-order valence-corrected chi connectivity index (χ1v) is 18.0. The molecule has 0 spiro atoms. The molecule has 11 nitrogen and oxygen atoms in total. The third-order valence-electron chi connectivity index (χ3n) is 7.93. The van der Waals surface area contributed by atoms with Crippen LogP contribution in [0.1, 0.15) is 40.2 Å². The maximum absolute atomic E-state index is 12.0. The van der Waals surface area contributed by atoms with E-state index >= 15 is 0 Å². The zero-order chi connectivity index (χ0) is 29.9. The van der Waals surface area contributed by atoms with Gasteiger partial charge in [0.2, 0.25) is 0 Å². The maximum atomic E-state index is 12.0. The van der Waals surface area contributed by atoms with Crippen LogP contribution in [0, 0.1) is 16.7 Å². The average molecular weight is 581 g/mol. The Balaban J connectivity index is 1.52. The van der Waals surface area contributed by atoms with E-state index in [4.69, 9.17) is 4.74 Å². The lowest BCUT2D eigenvalue weighted by atomic mass is 9.80. The first-order chi connectivity index (χ1) is 19.3. The maximum Gasteiger partial charge on any atom is 0.407 e. The van der Waals surface area contributed by atoms with Crippen LogP contribution in [0.15, 0.2) is 31.0 Å². The molecule has 4 rings (SSSR count). The van der Waals surface area contributed by atoms with Crippen LogP contribution in [-0.2, 0) is 11.5 Å². The highest BCUT2D eigenvalue weighted by Crippen LogP contribution is 2.33. The van der Waals surface area contributed by atoms with Crippen LogP contribution in [0.4, 0.5) is 4.79 Å². The van der Waals surface area contributed by atoms with Gasteiger partial charge in [0.25, 0.3) is 0 Å². The summed E-state index contributed by atoms with van der Waals surface area (Å²) in [7, 11) is -1.16. The highest BCUT2D eigenvalue weighted by atomic mass is 28.3. The Morgan fingerprint density at radius 3 is 2.68 bits per heavy atom. The quantitative estimate of drug-likeness (QED) is 0.257. The number of hydrogen-bond acceptors (Lipinski definition) is 7. The Kier molecular flexibility index (Phi) is 9.21. The second-order valence-electron chi connectivity index (χ2n) is 13.3. The van der Waals surface area contributed by atoms with Crippen molar-refractivity contribution in [3.63, 3.8) is 0 Å². The minimum absolute atomic E-state index is 0.00899. The fourth-order valence-corrected chi connectivity index (χ4v) is 6.62. The fourth-order valence-electron chi connectivity index (χ4n) is 5.86. The smallest absolute Gasteiger partial charge is 0.407 e. The van der Waals surface area contributed by atoms with Gasteiger partial charge >= 0.3 is 6.09 Å². The molecule has 0 bridgehead atoms. The molecule has 0 radical (unpaired) electrons. The largest absolute Gasteiger partial charge is 0.465 e. The first kappa shape index (κ1) is 30.7. The van der Waals surface area contributed by atoms with Crippen LogP contribution in [-0.4, -0.2) is 91.7 Å². The molecule has 1 aliphatic heterocycles. The molecule has 1 aliphatic rings. The van der Waals surface area contributed by atoms with E-state index in [1.165, 1.54) is 0 Å². The summed E-state index contributed by atoms with van der Waals surface area (Å²) in [5.74, 6) is 0. The minimum Gasteiger partial charge on any atom is -0.465 e. The van der Waals surface area contributed by atoms with Gasteiger partial charge in [-0.25, -0.2) is 14.8 Å². The van der Waals surface area contributed by atoms with Crippen molar-refractivity contribution in [2.45, 2.75) is 84.7 Å². The number of carboxylic acid groups (broad SMARTS) is 1. The lowest BCUT2D eigenvalue weighted by Crippen LogP contribution is -2.64. The van der Waals surface area contributed by atoms with E-state index in [0.717, 1.165) is 34.9 Å². The number of hydrogen-bond donors (Lipinski definition) is 1. The molecule has 3 aromatic rings. The highest BCUT2D eigenvalue weighted by molar-refractivity contribution is 6.76. The monoisotopic (exact) mass is 580 g/mol. The molecule has 1 saturated heterocycles. The highest BCUT2D eigenvalue weighted by Gasteiger charge is 2.43. The van der Waals surface area contributed by atoms with Gasteiger partial charge < -0.3 is 19.3 Å². The van der Waals surface area contributed by atoms with E-state index in [2.05, 4.69) is 73.4 Å². The predicted molar refractivity (Wildman–Crippen MR) is 161 cm³/mol. The molecule has 3 aromatic heterocycles. The Hall–Kier alpha value is -3.27. The van der Waals surface area contributed by atoms with Crippen molar-refractivity contribution >= 4 is 25.2 Å². The molecular formula is C29H44N8O3Si. The zero-order valence-electron chi connectivity index (χ0n) is 25.4. The van der Waals surface area contributed by atoms with Crippen LogP contribution < -0.4 is 0 Å². The number of aromatic nitrogens is 5. The van der Waals surface area contributed by atoms with Crippen molar-refractivity contribution in [1.29, 1.82) is 5.26 Å². The SMILES string of the molecule is C[C@@H]1C(C(C)(C)C)N(C(=O)O)CCN1CC(CC#N)n1cc(-c2ncnc3c2ccn3COCC[Si](C)(C)C)cn1. The summed E-state index contributed by atoms with van der Waals surface area (Å²) in [5.41, 5.74) is 2.22. The molecule has 3 atom stereocenters. The number of fused-ring (bicyclic) bond motifs is 1. The van der Waals surface area contributed by atoms with Crippen molar-refractivity contribution in [2.24, 2.45) is 5.41 Å². The van der Waals surface area contributed by atoms with Crippen molar-refractivity contribution in [1.82, 2.24) is 34.1 Å². The van der Waals surface area contributed by atoms with Gasteiger partial charge in [-0.3, -0.25) is 9.58 Å². The van der Waals surface area contributed by atoms with Gasteiger partial charge in [0.15, 0.2) is 0 Å². The third kappa shape index (κ3) is 7.15. The number of piperazine rings is 1. The molecular weight excluding hydrogens is 536 g/mol. The molecule has 41 heavy (non-hydrogen) atoms. The van der Waals surface area contributed by atoms with Crippen LogP contribution in [0.3, 0.4) is 0 Å². The Bertz CT molecular complexity index is 1380. The van der Waals surface area contributed by atoms with E-state index in [1.807, 2.05) is 27.7 Å². The molecule has 1 fully saturated rings. The van der Waals surface area contributed by atoms with Gasteiger partial charge in [-0.1, -0.05) is 40.4 Å². The Labute approximate surface area is 243 Å². The summed E-state index contributed by atoms with van der Waals surface area (Å²) in [4.78, 5) is 24.9. The van der Waals surface area contributed by atoms with Gasteiger partial charge in [-0.15, -0.1) is 0 Å². The topological polar surface area (TPSA) is 125 Å². The van der Waals surface area contributed by atoms with Gasteiger partial charge in [-0.05, 0) is 24.4 Å². The number of ether oxygens (including phenoxy) is 1. The number of nitriles is 1. The molecule has 12 heteroatoms. The predicted octanol–water partition coefficient (Wildman–Crippen LogP) is 5.16. The minimum atomic E-state index is -1.16. The second-order valence-corrected chi connectivity index (χ2v) is 19.0. The average Bonchev–Trinajstić information content (AvgIpc) is 3.53. The molecule has 1 N–H and O–H groups in total. The third-order valence-corrected chi connectivity index (χ3v) is 9.64. The zero-order valence-corrected chi connectivity index (χ0v) is 26.4. The molecule has 0 aliphatic carbocycles. The van der Waals surface area contributed by atoms with Crippen LogP contribution in [0.2, 0.25) is 25.7 Å². The summed E-state index contributed by atoms with van der Waals surface area (Å²) < 4.78 is 9.80. The fraction of sp³-hybridized carbons (Fsp3) is 0.621. The summed E-state index contributed by atoms with van der Waals surface area (Å²) in [5, 5.41) is 25.1. The van der Waals surface area contributed by atoms with Crippen LogP contribution in [0.5, 0.6) is 0 Å². The van der Waals surface area contributed by atoms with Crippen molar-refractivity contribution in [2.75, 3.05) is 26.2 Å². The van der Waals surface area contributed by atoms with E-state index in [-0.39, 0.29) is 30.0 Å². The lowest BCUT2D eigenvalue weighted by molar-refractivity contribution is -0.0199. The molecule has 0 aromatic carbocycles. The van der Waals surface area contributed by atoms with Gasteiger partial charge in [0.1, 0.15) is 18.7 Å². The summed E-state index contributed by atoms with van der Waals surface area (Å²) in [6.07, 6.45) is 6.69. The summed E-state index contributed by atoms with van der Waals surface area (Å²) in [6, 6.07) is 5.08. The lowest BCUT2D eigenvalue weighted by Gasteiger charge is -2.51. The molecule has 1 amide bonds. The van der Waals surface area contributed by atoms with Crippen molar-refractivity contribution < 1.29 is 14.6 Å². The molecule has 2 unspecified atom stereocenters. The number of rotatable bonds is 10. The second kappa shape index (κ2) is 12.3. The number of amides is 1. The first-order valence-electron chi connectivity index (χ1n) is 14.3. The normalized spacial score (nSPS) is 19.4. The molecule has 0 saturated carbocycles. The molecule has 4 heterocycles. The molecule has 222 valence electrons. The Morgan fingerprint density at radius 2 is 2.02 bits per heavy atom. The van der Waals surface area contributed by atoms with Gasteiger partial charge in [0.05, 0.1) is 36.5 Å². The van der Waals surface area contributed by atoms with Crippen LogP contribution in [0.25, 0.3) is 22.3 Å². The van der Waals surface area contributed by atoms with E-state index < -0.39 is 14.2 Å². The number of carbonyl (C=O) groups is 1. The summed E-state index contributed by atoms with van der Waals surface area (Å²) in [6.45, 7) is 18.2. The van der Waals surface area contributed by atoms with Crippen molar-refractivity contribution in [3.05, 3.63) is 31.0 Å². The van der Waals surface area contributed by atoms with E-state index in [9.17, 15) is 15.2 Å². The van der Waals surface area contributed by atoms with Crippen molar-refractivity contribution in [3.8, 4) is 17.3 Å². The number of nitrogens with zero attached hydrogens (tertiary/aromatic N) is 8. The standard InChI is InChI=1S/C29H44N8O3Si/c1-21-26(29(2,3)4)36(28(38)39)13-12-34(21)18-23(8-10-30)37-17-22(16-33-37)25-24-9-11-35(27(24)32-19-31-25)20-40-14-15-41(5,6)7/h9,11,16-17,19,21,23,26H,8,12-15,18,20H2,1-7H3,(H,38,39)/t21-,23?,26?/m1/s1. The van der Waals surface area contributed by atoms with Gasteiger partial charge in [0, 0.05) is 63.7 Å². The van der Waals surface area contributed by atoms with Gasteiger partial charge in [-0.2, -0.15) is 10.4 Å². The summed E-state index contributed by atoms with van der Waals surface area (Å²) >= 11 is 0.